The summed E-state index contributed by atoms with van der Waals surface area (Å²) in [6, 6.07) is 0. The second-order valence-electron chi connectivity index (χ2n) is 3.61. The summed E-state index contributed by atoms with van der Waals surface area (Å²) < 4.78 is 5.16. The van der Waals surface area contributed by atoms with Crippen molar-refractivity contribution in [2.75, 3.05) is 0 Å². The molecule has 14 heavy (non-hydrogen) atoms. The van der Waals surface area contributed by atoms with E-state index in [1.807, 2.05) is 6.08 Å². The van der Waals surface area contributed by atoms with E-state index in [4.69, 9.17) is 4.74 Å². The van der Waals surface area contributed by atoms with Crippen LogP contribution < -0.4 is 0 Å². The minimum Gasteiger partial charge on any atom is -0.462 e. The number of carbonyl (C=O) groups excluding carboxylic acids is 1. The number of carbonyl (C=O) groups is 1. The summed E-state index contributed by atoms with van der Waals surface area (Å²) in [5, 5.41) is 0. The van der Waals surface area contributed by atoms with Gasteiger partial charge in [0.15, 0.2) is 0 Å². The highest BCUT2D eigenvalue weighted by atomic mass is 16.5. The molecule has 0 aliphatic carbocycles. The second-order valence-corrected chi connectivity index (χ2v) is 3.61. The third-order valence-corrected chi connectivity index (χ3v) is 2.14. The fourth-order valence-corrected chi connectivity index (χ4v) is 1.44. The maximum Gasteiger partial charge on any atom is 0.302 e. The zero-order chi connectivity index (χ0) is 10.8. The lowest BCUT2D eigenvalue weighted by Gasteiger charge is -2.14. The van der Waals surface area contributed by atoms with Crippen LogP contribution in [-0.4, -0.2) is 12.1 Å². The molecule has 82 valence electrons. The number of rotatable bonds is 8. The molecule has 0 bridgehead atoms. The number of unbranched alkanes of at least 4 members (excludes halogenated alkanes) is 3. The molecule has 0 heterocycles. The highest BCUT2D eigenvalue weighted by Crippen LogP contribution is 2.11. The quantitative estimate of drug-likeness (QED) is 0.339. The Balaban J connectivity index is 3.61. The summed E-state index contributed by atoms with van der Waals surface area (Å²) in [7, 11) is 0. The molecule has 1 atom stereocenters. The van der Waals surface area contributed by atoms with Crippen LogP contribution in [0.2, 0.25) is 0 Å². The van der Waals surface area contributed by atoms with E-state index in [0.29, 0.717) is 0 Å². The fraction of sp³-hybridized carbons (Fsp3) is 0.750. The van der Waals surface area contributed by atoms with Gasteiger partial charge in [-0.2, -0.15) is 0 Å². The van der Waals surface area contributed by atoms with Crippen LogP contribution in [0.3, 0.4) is 0 Å². The Morgan fingerprint density at radius 1 is 1.43 bits per heavy atom. The fourth-order valence-electron chi connectivity index (χ4n) is 1.44. The maximum atomic E-state index is 10.8. The lowest BCUT2D eigenvalue weighted by Crippen LogP contribution is -2.15. The molecule has 0 aromatic heterocycles. The number of hydrogen-bond acceptors (Lipinski definition) is 2. The molecule has 0 rings (SSSR count). The van der Waals surface area contributed by atoms with Crippen LogP contribution in [0.1, 0.15) is 52.4 Å². The van der Waals surface area contributed by atoms with E-state index in [9.17, 15) is 4.79 Å². The first-order chi connectivity index (χ1) is 6.70. The van der Waals surface area contributed by atoms with Crippen LogP contribution in [0.4, 0.5) is 0 Å². The largest absolute Gasteiger partial charge is 0.462 e. The summed E-state index contributed by atoms with van der Waals surface area (Å²) in [6.45, 7) is 7.31. The molecule has 0 radical (unpaired) electrons. The van der Waals surface area contributed by atoms with Crippen molar-refractivity contribution in [2.24, 2.45) is 0 Å². The van der Waals surface area contributed by atoms with Gasteiger partial charge in [-0.05, 0) is 12.8 Å². The Morgan fingerprint density at radius 2 is 2.14 bits per heavy atom. The van der Waals surface area contributed by atoms with Crippen LogP contribution in [-0.2, 0) is 9.53 Å². The predicted octanol–water partition coefficient (Wildman–Crippen LogP) is 3.46. The lowest BCUT2D eigenvalue weighted by molar-refractivity contribution is -0.146. The van der Waals surface area contributed by atoms with Gasteiger partial charge in [-0.1, -0.05) is 32.3 Å². The van der Waals surface area contributed by atoms with E-state index in [0.717, 1.165) is 19.3 Å². The summed E-state index contributed by atoms with van der Waals surface area (Å²) in [5.41, 5.74) is 0. The minimum absolute atomic E-state index is 0.0434. The molecule has 0 aromatic carbocycles. The van der Waals surface area contributed by atoms with Gasteiger partial charge in [0, 0.05) is 13.3 Å². The lowest BCUT2D eigenvalue weighted by atomic mass is 10.1. The van der Waals surface area contributed by atoms with E-state index in [2.05, 4.69) is 13.5 Å². The highest BCUT2D eigenvalue weighted by molar-refractivity contribution is 5.66. The first-order valence-corrected chi connectivity index (χ1v) is 5.48. The zero-order valence-corrected chi connectivity index (χ0v) is 9.42. The molecule has 0 saturated carbocycles. The SMILES string of the molecule is C=CCC(CCCCCC)OC(C)=O. The summed E-state index contributed by atoms with van der Waals surface area (Å²) >= 11 is 0. The smallest absolute Gasteiger partial charge is 0.302 e. The molecule has 0 aliphatic rings. The first kappa shape index (κ1) is 13.2. The molecule has 0 fully saturated rings. The Bertz CT molecular complexity index is 164. The van der Waals surface area contributed by atoms with Crippen molar-refractivity contribution in [1.29, 1.82) is 0 Å². The highest BCUT2D eigenvalue weighted by Gasteiger charge is 2.09. The Morgan fingerprint density at radius 3 is 2.64 bits per heavy atom. The van der Waals surface area contributed by atoms with Gasteiger partial charge in [-0.15, -0.1) is 6.58 Å². The van der Waals surface area contributed by atoms with E-state index in [-0.39, 0.29) is 12.1 Å². The van der Waals surface area contributed by atoms with Gasteiger partial charge in [0.1, 0.15) is 6.10 Å². The third-order valence-electron chi connectivity index (χ3n) is 2.14. The topological polar surface area (TPSA) is 26.3 Å². The molecule has 0 saturated heterocycles. The van der Waals surface area contributed by atoms with E-state index in [1.165, 1.54) is 26.2 Å². The van der Waals surface area contributed by atoms with Gasteiger partial charge in [-0.3, -0.25) is 4.79 Å². The second kappa shape index (κ2) is 8.79. The van der Waals surface area contributed by atoms with Crippen LogP contribution in [0.15, 0.2) is 12.7 Å². The van der Waals surface area contributed by atoms with Crippen LogP contribution in [0, 0.1) is 0 Å². The molecule has 0 aromatic rings. The molecular formula is C12H22O2. The minimum atomic E-state index is -0.188. The van der Waals surface area contributed by atoms with Crippen molar-refractivity contribution in [3.63, 3.8) is 0 Å². The average molecular weight is 198 g/mol. The standard InChI is InChI=1S/C12H22O2/c1-4-6-7-8-10-12(9-5-2)14-11(3)13/h5,12H,2,4,6-10H2,1,3H3. The van der Waals surface area contributed by atoms with Gasteiger partial charge in [-0.25, -0.2) is 0 Å². The average Bonchev–Trinajstić information content (AvgIpc) is 2.12. The summed E-state index contributed by atoms with van der Waals surface area (Å²) in [6.07, 6.45) is 8.46. The van der Waals surface area contributed by atoms with Crippen molar-refractivity contribution in [1.82, 2.24) is 0 Å². The first-order valence-electron chi connectivity index (χ1n) is 5.48. The Hall–Kier alpha value is -0.790. The molecular weight excluding hydrogens is 176 g/mol. The molecule has 1 unspecified atom stereocenters. The normalized spacial score (nSPS) is 12.1. The van der Waals surface area contributed by atoms with Gasteiger partial charge in [0.2, 0.25) is 0 Å². The van der Waals surface area contributed by atoms with Crippen molar-refractivity contribution in [3.05, 3.63) is 12.7 Å². The van der Waals surface area contributed by atoms with Crippen molar-refractivity contribution >= 4 is 5.97 Å². The molecule has 2 nitrogen and oxygen atoms in total. The molecule has 2 heteroatoms. The Labute approximate surface area is 87.3 Å². The van der Waals surface area contributed by atoms with Crippen LogP contribution in [0.25, 0.3) is 0 Å². The number of hydrogen-bond donors (Lipinski definition) is 0. The predicted molar refractivity (Wildman–Crippen MR) is 59.1 cm³/mol. The van der Waals surface area contributed by atoms with Crippen LogP contribution >= 0.6 is 0 Å². The van der Waals surface area contributed by atoms with E-state index >= 15 is 0 Å². The molecule has 0 amide bonds. The van der Waals surface area contributed by atoms with Gasteiger partial charge in [0.05, 0.1) is 0 Å². The van der Waals surface area contributed by atoms with E-state index < -0.39 is 0 Å². The summed E-state index contributed by atoms with van der Waals surface area (Å²) in [4.78, 5) is 10.8. The Kier molecular flexibility index (Phi) is 8.30. The van der Waals surface area contributed by atoms with E-state index in [1.54, 1.807) is 0 Å². The number of esters is 1. The van der Waals surface area contributed by atoms with Gasteiger partial charge >= 0.3 is 5.97 Å². The summed E-state index contributed by atoms with van der Waals surface area (Å²) in [5.74, 6) is -0.188. The third kappa shape index (κ3) is 7.84. The van der Waals surface area contributed by atoms with Crippen molar-refractivity contribution in [2.45, 2.75) is 58.5 Å². The van der Waals surface area contributed by atoms with Gasteiger partial charge < -0.3 is 4.74 Å². The monoisotopic (exact) mass is 198 g/mol. The molecule has 0 N–H and O–H groups in total. The zero-order valence-electron chi connectivity index (χ0n) is 9.42. The van der Waals surface area contributed by atoms with Crippen molar-refractivity contribution in [3.8, 4) is 0 Å². The van der Waals surface area contributed by atoms with Crippen molar-refractivity contribution < 1.29 is 9.53 Å². The maximum absolute atomic E-state index is 10.8. The molecule has 0 spiro atoms. The number of ether oxygens (including phenoxy) is 1. The van der Waals surface area contributed by atoms with Gasteiger partial charge in [0.25, 0.3) is 0 Å². The molecule has 0 aliphatic heterocycles. The van der Waals surface area contributed by atoms with Crippen LogP contribution in [0.5, 0.6) is 0 Å².